The molecular weight excluding hydrogens is 150 g/mol. The van der Waals surface area contributed by atoms with E-state index < -0.39 is 0 Å². The fraction of sp³-hybridized carbons (Fsp3) is 0.900. The number of rotatable bonds is 2. The lowest BCUT2D eigenvalue weighted by Crippen LogP contribution is -2.26. The van der Waals surface area contributed by atoms with Crippen LogP contribution in [0.15, 0.2) is 0 Å². The number of hydrogen-bond donors (Lipinski definition) is 1. The van der Waals surface area contributed by atoms with Crippen molar-refractivity contribution in [2.24, 2.45) is 23.7 Å². The SMILES string of the molecule is CC(C)[C@H]1C(=O)NC[C@H]1C(C)C. The molecule has 12 heavy (non-hydrogen) atoms. The van der Waals surface area contributed by atoms with Gasteiger partial charge >= 0.3 is 0 Å². The van der Waals surface area contributed by atoms with E-state index in [0.29, 0.717) is 17.8 Å². The molecule has 1 saturated heterocycles. The number of nitrogens with one attached hydrogen (secondary N) is 1. The van der Waals surface area contributed by atoms with Crippen LogP contribution in [0.25, 0.3) is 0 Å². The van der Waals surface area contributed by atoms with Crippen molar-refractivity contribution in [1.82, 2.24) is 5.32 Å². The van der Waals surface area contributed by atoms with Gasteiger partial charge in [-0.1, -0.05) is 27.7 Å². The molecule has 0 saturated carbocycles. The third kappa shape index (κ3) is 1.62. The van der Waals surface area contributed by atoms with Gasteiger partial charge in [-0.3, -0.25) is 4.79 Å². The van der Waals surface area contributed by atoms with E-state index in [1.165, 1.54) is 0 Å². The lowest BCUT2D eigenvalue weighted by Gasteiger charge is -2.22. The number of carbonyl (C=O) groups excluding carboxylic acids is 1. The Bertz CT molecular complexity index is 175. The molecule has 0 aliphatic carbocycles. The zero-order valence-corrected chi connectivity index (χ0v) is 8.42. The van der Waals surface area contributed by atoms with E-state index in [9.17, 15) is 4.79 Å². The molecule has 1 aliphatic heterocycles. The summed E-state index contributed by atoms with van der Waals surface area (Å²) >= 11 is 0. The Morgan fingerprint density at radius 1 is 1.25 bits per heavy atom. The minimum Gasteiger partial charge on any atom is -0.356 e. The van der Waals surface area contributed by atoms with Crippen molar-refractivity contribution in [1.29, 1.82) is 0 Å². The zero-order valence-electron chi connectivity index (χ0n) is 8.42. The van der Waals surface area contributed by atoms with E-state index in [4.69, 9.17) is 0 Å². The van der Waals surface area contributed by atoms with Crippen LogP contribution in [-0.2, 0) is 4.79 Å². The summed E-state index contributed by atoms with van der Waals surface area (Å²) in [4.78, 5) is 11.4. The van der Waals surface area contributed by atoms with Gasteiger partial charge in [0.25, 0.3) is 0 Å². The molecule has 70 valence electrons. The Morgan fingerprint density at radius 3 is 2.17 bits per heavy atom. The molecule has 0 unspecified atom stereocenters. The normalized spacial score (nSPS) is 30.0. The van der Waals surface area contributed by atoms with Crippen molar-refractivity contribution in [3.05, 3.63) is 0 Å². The van der Waals surface area contributed by atoms with E-state index >= 15 is 0 Å². The first-order valence-electron chi connectivity index (χ1n) is 4.81. The third-order valence-electron chi connectivity index (χ3n) is 2.85. The second kappa shape index (κ2) is 3.46. The number of amides is 1. The summed E-state index contributed by atoms with van der Waals surface area (Å²) < 4.78 is 0. The van der Waals surface area contributed by atoms with Gasteiger partial charge in [-0.15, -0.1) is 0 Å². The second-order valence-corrected chi connectivity index (χ2v) is 4.42. The Morgan fingerprint density at radius 2 is 1.83 bits per heavy atom. The highest BCUT2D eigenvalue weighted by Crippen LogP contribution is 2.30. The first-order chi connectivity index (χ1) is 5.54. The minimum absolute atomic E-state index is 0.241. The van der Waals surface area contributed by atoms with E-state index in [1.807, 2.05) is 0 Å². The van der Waals surface area contributed by atoms with Gasteiger partial charge in [-0.05, 0) is 17.8 Å². The molecule has 1 rings (SSSR count). The average molecular weight is 169 g/mol. The Balaban J connectivity index is 2.70. The lowest BCUT2D eigenvalue weighted by atomic mass is 9.79. The van der Waals surface area contributed by atoms with Gasteiger partial charge in [0.05, 0.1) is 0 Å². The Kier molecular flexibility index (Phi) is 2.76. The third-order valence-corrected chi connectivity index (χ3v) is 2.85. The molecule has 2 heteroatoms. The summed E-state index contributed by atoms with van der Waals surface area (Å²) in [6, 6.07) is 0. The summed E-state index contributed by atoms with van der Waals surface area (Å²) in [5, 5.41) is 2.94. The fourth-order valence-corrected chi connectivity index (χ4v) is 2.11. The summed E-state index contributed by atoms with van der Waals surface area (Å²) in [5.74, 6) is 2.11. The van der Waals surface area contributed by atoms with Crippen LogP contribution >= 0.6 is 0 Å². The Hall–Kier alpha value is -0.530. The highest BCUT2D eigenvalue weighted by molar-refractivity contribution is 5.81. The van der Waals surface area contributed by atoms with Gasteiger partial charge in [-0.2, -0.15) is 0 Å². The van der Waals surface area contributed by atoms with Crippen molar-refractivity contribution < 1.29 is 4.79 Å². The van der Waals surface area contributed by atoms with Crippen LogP contribution in [0, 0.1) is 23.7 Å². The quantitative estimate of drug-likeness (QED) is 0.669. The fourth-order valence-electron chi connectivity index (χ4n) is 2.11. The summed E-state index contributed by atoms with van der Waals surface area (Å²) in [6.45, 7) is 9.52. The molecule has 1 amide bonds. The van der Waals surface area contributed by atoms with Crippen LogP contribution in [-0.4, -0.2) is 12.5 Å². The molecule has 0 aromatic carbocycles. The standard InChI is InChI=1S/C10H19NO/c1-6(2)8-5-11-10(12)9(8)7(3)4/h6-9H,5H2,1-4H3,(H,11,12)/t8-,9+/m0/s1. The van der Waals surface area contributed by atoms with Gasteiger partial charge in [-0.25, -0.2) is 0 Å². The molecule has 1 N–H and O–H groups in total. The molecule has 2 nitrogen and oxygen atoms in total. The maximum atomic E-state index is 11.4. The van der Waals surface area contributed by atoms with Crippen LogP contribution < -0.4 is 5.32 Å². The average Bonchev–Trinajstić information content (AvgIpc) is 2.30. The van der Waals surface area contributed by atoms with Crippen molar-refractivity contribution in [3.8, 4) is 0 Å². The largest absolute Gasteiger partial charge is 0.356 e. The lowest BCUT2D eigenvalue weighted by molar-refractivity contribution is -0.124. The van der Waals surface area contributed by atoms with Crippen LogP contribution in [0.3, 0.4) is 0 Å². The van der Waals surface area contributed by atoms with Crippen molar-refractivity contribution >= 4 is 5.91 Å². The van der Waals surface area contributed by atoms with Crippen LogP contribution in [0.5, 0.6) is 0 Å². The van der Waals surface area contributed by atoms with Crippen LogP contribution in [0.1, 0.15) is 27.7 Å². The highest BCUT2D eigenvalue weighted by atomic mass is 16.2. The van der Waals surface area contributed by atoms with Crippen LogP contribution in [0.4, 0.5) is 0 Å². The van der Waals surface area contributed by atoms with Gasteiger partial charge < -0.3 is 5.32 Å². The molecule has 0 bridgehead atoms. The molecule has 0 aromatic heterocycles. The van der Waals surface area contributed by atoms with Gasteiger partial charge in [0.1, 0.15) is 0 Å². The first-order valence-corrected chi connectivity index (χ1v) is 4.81. The van der Waals surface area contributed by atoms with Crippen molar-refractivity contribution in [2.45, 2.75) is 27.7 Å². The van der Waals surface area contributed by atoms with Crippen molar-refractivity contribution in [2.75, 3.05) is 6.54 Å². The van der Waals surface area contributed by atoms with Crippen LogP contribution in [0.2, 0.25) is 0 Å². The van der Waals surface area contributed by atoms with E-state index in [2.05, 4.69) is 33.0 Å². The predicted molar refractivity (Wildman–Crippen MR) is 49.7 cm³/mol. The molecule has 2 atom stereocenters. The maximum absolute atomic E-state index is 11.4. The zero-order chi connectivity index (χ0) is 9.30. The monoisotopic (exact) mass is 169 g/mol. The second-order valence-electron chi connectivity index (χ2n) is 4.42. The first kappa shape index (κ1) is 9.56. The predicted octanol–water partition coefficient (Wildman–Crippen LogP) is 1.66. The summed E-state index contributed by atoms with van der Waals surface area (Å²) in [7, 11) is 0. The maximum Gasteiger partial charge on any atom is 0.223 e. The summed E-state index contributed by atoms with van der Waals surface area (Å²) in [6.07, 6.45) is 0. The smallest absolute Gasteiger partial charge is 0.223 e. The highest BCUT2D eigenvalue weighted by Gasteiger charge is 2.37. The minimum atomic E-state index is 0.241. The molecule has 0 aromatic rings. The van der Waals surface area contributed by atoms with Crippen molar-refractivity contribution in [3.63, 3.8) is 0 Å². The van der Waals surface area contributed by atoms with Gasteiger partial charge in [0.2, 0.25) is 5.91 Å². The number of hydrogen-bond acceptors (Lipinski definition) is 1. The Labute approximate surface area is 74.7 Å². The van der Waals surface area contributed by atoms with E-state index in [0.717, 1.165) is 6.54 Å². The molecule has 1 heterocycles. The molecule has 1 fully saturated rings. The molecule has 1 aliphatic rings. The topological polar surface area (TPSA) is 29.1 Å². The molecule has 0 radical (unpaired) electrons. The van der Waals surface area contributed by atoms with Gasteiger partial charge in [0.15, 0.2) is 0 Å². The van der Waals surface area contributed by atoms with E-state index in [-0.39, 0.29) is 11.8 Å². The number of carbonyl (C=O) groups is 1. The summed E-state index contributed by atoms with van der Waals surface area (Å²) in [5.41, 5.74) is 0. The van der Waals surface area contributed by atoms with Gasteiger partial charge in [0, 0.05) is 12.5 Å². The van der Waals surface area contributed by atoms with E-state index in [1.54, 1.807) is 0 Å². The molecule has 0 spiro atoms. The molecular formula is C10H19NO.